The fourth-order valence-corrected chi connectivity index (χ4v) is 4.62. The molecule has 0 amide bonds. The van der Waals surface area contributed by atoms with E-state index in [1.165, 1.54) is 48.5 Å². The van der Waals surface area contributed by atoms with Crippen molar-refractivity contribution in [2.45, 2.75) is 0 Å². The molecule has 50 heavy (non-hydrogen) atoms. The highest BCUT2D eigenvalue weighted by Gasteiger charge is 2.35. The van der Waals surface area contributed by atoms with E-state index in [4.69, 9.17) is 9.47 Å². The molecule has 0 aliphatic carbocycles. The van der Waals surface area contributed by atoms with Gasteiger partial charge in [-0.3, -0.25) is 0 Å². The Balaban J connectivity index is 1.27. The first-order valence-electron chi connectivity index (χ1n) is 14.5. The van der Waals surface area contributed by atoms with Crippen molar-refractivity contribution in [1.82, 2.24) is 0 Å². The largest absolute Gasteiger partial charge is 0.451 e. The van der Waals surface area contributed by atoms with Gasteiger partial charge < -0.3 is 9.47 Å². The molecular formula is C40H18F8O2. The minimum absolute atomic E-state index is 0.285. The first-order chi connectivity index (χ1) is 24.1. The van der Waals surface area contributed by atoms with Crippen LogP contribution in [-0.4, -0.2) is 0 Å². The maximum Gasteiger partial charge on any atom is 0.205 e. The molecule has 0 saturated carbocycles. The topological polar surface area (TPSA) is 18.5 Å². The SMILES string of the molecule is Fc1c(F)c(-c2c(F)c(F)c(Oc3ccc(C#Cc4ccccc4)cc3)c(F)c2F)c(F)c(F)c1Oc1ccc(C#Cc2ccccc2)cc1. The molecule has 6 aromatic rings. The molecule has 0 aliphatic heterocycles. The highest BCUT2D eigenvalue weighted by Crippen LogP contribution is 2.43. The minimum Gasteiger partial charge on any atom is -0.451 e. The molecule has 0 N–H and O–H groups in total. The van der Waals surface area contributed by atoms with Crippen LogP contribution in [-0.2, 0) is 0 Å². The van der Waals surface area contributed by atoms with Gasteiger partial charge in [0.05, 0.1) is 11.1 Å². The highest BCUT2D eigenvalue weighted by molar-refractivity contribution is 5.69. The Hall–Kier alpha value is -6.52. The summed E-state index contributed by atoms with van der Waals surface area (Å²) in [6.07, 6.45) is 0. The zero-order chi connectivity index (χ0) is 35.4. The van der Waals surface area contributed by atoms with E-state index < -0.39 is 69.2 Å². The fraction of sp³-hybridized carbons (Fsp3) is 0. The van der Waals surface area contributed by atoms with Crippen molar-refractivity contribution in [2.75, 3.05) is 0 Å². The first-order valence-corrected chi connectivity index (χ1v) is 14.5. The second kappa shape index (κ2) is 14.3. The van der Waals surface area contributed by atoms with Crippen molar-refractivity contribution in [1.29, 1.82) is 0 Å². The van der Waals surface area contributed by atoms with Crippen LogP contribution in [0, 0.1) is 70.2 Å². The summed E-state index contributed by atoms with van der Waals surface area (Å²) < 4.78 is 131. The molecule has 0 bridgehead atoms. The van der Waals surface area contributed by atoms with Gasteiger partial charge in [0.15, 0.2) is 23.3 Å². The van der Waals surface area contributed by atoms with Crippen molar-refractivity contribution in [3.63, 3.8) is 0 Å². The normalized spacial score (nSPS) is 10.5. The molecule has 0 aromatic heterocycles. The molecule has 0 fully saturated rings. The number of rotatable bonds is 5. The van der Waals surface area contributed by atoms with E-state index in [1.807, 2.05) is 12.1 Å². The highest BCUT2D eigenvalue weighted by atomic mass is 19.2. The summed E-state index contributed by atoms with van der Waals surface area (Å²) in [5.74, 6) is -10.7. The van der Waals surface area contributed by atoms with Crippen molar-refractivity contribution in [3.8, 4) is 57.8 Å². The maximum atomic E-state index is 15.2. The third-order valence-corrected chi connectivity index (χ3v) is 7.09. The zero-order valence-electron chi connectivity index (χ0n) is 25.2. The van der Waals surface area contributed by atoms with Gasteiger partial charge in [0.25, 0.3) is 0 Å². The monoisotopic (exact) mass is 682 g/mol. The van der Waals surface area contributed by atoms with E-state index in [0.717, 1.165) is 0 Å². The lowest BCUT2D eigenvalue weighted by molar-refractivity contribution is 0.360. The molecule has 6 rings (SSSR count). The predicted molar refractivity (Wildman–Crippen MR) is 169 cm³/mol. The Bertz CT molecular complexity index is 2110. The van der Waals surface area contributed by atoms with E-state index in [1.54, 1.807) is 48.5 Å². The van der Waals surface area contributed by atoms with Crippen molar-refractivity contribution >= 4 is 0 Å². The van der Waals surface area contributed by atoms with Crippen LogP contribution in [0.2, 0.25) is 0 Å². The van der Waals surface area contributed by atoms with Gasteiger partial charge in [-0.1, -0.05) is 60.1 Å². The van der Waals surface area contributed by atoms with E-state index >= 15 is 35.1 Å². The third kappa shape index (κ3) is 6.87. The van der Waals surface area contributed by atoms with Gasteiger partial charge in [0.1, 0.15) is 11.5 Å². The molecule has 0 atom stereocenters. The van der Waals surface area contributed by atoms with E-state index in [-0.39, 0.29) is 11.5 Å². The van der Waals surface area contributed by atoms with Crippen LogP contribution in [0.1, 0.15) is 22.3 Å². The summed E-state index contributed by atoms with van der Waals surface area (Å²) in [5, 5.41) is 0. The Kier molecular flexibility index (Phi) is 9.55. The third-order valence-electron chi connectivity index (χ3n) is 7.09. The van der Waals surface area contributed by atoms with Gasteiger partial charge in [-0.2, -0.15) is 17.6 Å². The number of hydrogen-bond acceptors (Lipinski definition) is 2. The summed E-state index contributed by atoms with van der Waals surface area (Å²) in [6, 6.07) is 28.3. The molecule has 0 spiro atoms. The van der Waals surface area contributed by atoms with Crippen LogP contribution in [0.5, 0.6) is 23.0 Å². The lowest BCUT2D eigenvalue weighted by Crippen LogP contribution is -2.09. The summed E-state index contributed by atoms with van der Waals surface area (Å²) in [6.45, 7) is 0. The second-order valence-corrected chi connectivity index (χ2v) is 10.4. The number of benzene rings is 6. The summed E-state index contributed by atoms with van der Waals surface area (Å²) >= 11 is 0. The van der Waals surface area contributed by atoms with Crippen LogP contribution >= 0.6 is 0 Å². The first kappa shape index (κ1) is 33.4. The van der Waals surface area contributed by atoms with Crippen molar-refractivity contribution in [2.24, 2.45) is 0 Å². The van der Waals surface area contributed by atoms with Crippen molar-refractivity contribution < 1.29 is 44.6 Å². The quantitative estimate of drug-likeness (QED) is 0.102. The molecule has 246 valence electrons. The van der Waals surface area contributed by atoms with Crippen LogP contribution in [0.4, 0.5) is 35.1 Å². The van der Waals surface area contributed by atoms with Crippen LogP contribution in [0.3, 0.4) is 0 Å². The van der Waals surface area contributed by atoms with Gasteiger partial charge >= 0.3 is 0 Å². The molecule has 0 radical (unpaired) electrons. The van der Waals surface area contributed by atoms with Crippen molar-refractivity contribution in [3.05, 3.63) is 178 Å². The Morgan fingerprint density at radius 2 is 0.560 bits per heavy atom. The molecule has 0 unspecified atom stereocenters. The van der Waals surface area contributed by atoms with Crippen LogP contribution in [0.15, 0.2) is 109 Å². The van der Waals surface area contributed by atoms with Crippen LogP contribution < -0.4 is 9.47 Å². The summed E-state index contributed by atoms with van der Waals surface area (Å²) in [7, 11) is 0. The molecule has 10 heteroatoms. The zero-order valence-corrected chi connectivity index (χ0v) is 25.2. The average Bonchev–Trinajstić information content (AvgIpc) is 3.15. The van der Waals surface area contributed by atoms with Gasteiger partial charge in [0.2, 0.25) is 34.8 Å². The smallest absolute Gasteiger partial charge is 0.205 e. The standard InChI is InChI=1S/C40H18F8O2/c41-31-29(32(42)36(46)39(35(31)45)49-27-19-15-25(16-20-27)13-11-23-7-3-1-4-8-23)30-33(43)37(47)40(38(48)34(30)44)50-28-21-17-26(18-22-28)14-12-24-9-5-2-6-10-24/h1-10,15-22H. The predicted octanol–water partition coefficient (Wildman–Crippen LogP) is 10.9. The molecule has 0 aliphatic rings. The van der Waals surface area contributed by atoms with Gasteiger partial charge in [0, 0.05) is 22.3 Å². The molecule has 0 heterocycles. The summed E-state index contributed by atoms with van der Waals surface area (Å²) in [5.41, 5.74) is -1.73. The second-order valence-electron chi connectivity index (χ2n) is 10.4. The number of ether oxygens (including phenoxy) is 2. The number of halogens is 8. The average molecular weight is 683 g/mol. The Morgan fingerprint density at radius 1 is 0.300 bits per heavy atom. The molecule has 2 nitrogen and oxygen atoms in total. The fourth-order valence-electron chi connectivity index (χ4n) is 4.62. The Morgan fingerprint density at radius 3 is 0.840 bits per heavy atom. The molecule has 6 aromatic carbocycles. The van der Waals surface area contributed by atoms with Gasteiger partial charge in [-0.25, -0.2) is 17.6 Å². The van der Waals surface area contributed by atoms with Gasteiger partial charge in [-0.15, -0.1) is 0 Å². The number of hydrogen-bond donors (Lipinski definition) is 0. The molecular weight excluding hydrogens is 664 g/mol. The minimum atomic E-state index is -2.37. The van der Waals surface area contributed by atoms with E-state index in [0.29, 0.717) is 22.3 Å². The van der Waals surface area contributed by atoms with Gasteiger partial charge in [-0.05, 0) is 72.8 Å². The van der Waals surface area contributed by atoms with Crippen LogP contribution in [0.25, 0.3) is 11.1 Å². The summed E-state index contributed by atoms with van der Waals surface area (Å²) in [4.78, 5) is 0. The van der Waals surface area contributed by atoms with E-state index in [9.17, 15) is 0 Å². The Labute approximate surface area is 280 Å². The lowest BCUT2D eigenvalue weighted by atomic mass is 10.0. The van der Waals surface area contributed by atoms with E-state index in [2.05, 4.69) is 23.7 Å². The lowest BCUT2D eigenvalue weighted by Gasteiger charge is -2.16. The molecule has 0 saturated heterocycles. The maximum absolute atomic E-state index is 15.2.